The van der Waals surface area contributed by atoms with Crippen molar-refractivity contribution in [2.45, 2.75) is 39.8 Å². The quantitative estimate of drug-likeness (QED) is 0.893. The Morgan fingerprint density at radius 2 is 2.10 bits per heavy atom. The zero-order valence-electron chi connectivity index (χ0n) is 12.0. The molecule has 108 valence electrons. The number of benzene rings is 1. The molecule has 2 N–H and O–H groups in total. The lowest BCUT2D eigenvalue weighted by molar-refractivity contribution is 0.586. The summed E-state index contributed by atoms with van der Waals surface area (Å²) in [5.41, 5.74) is 10.5. The topological polar surface area (TPSA) is 43.8 Å². The van der Waals surface area contributed by atoms with Crippen LogP contribution in [-0.4, -0.2) is 9.78 Å². The summed E-state index contributed by atoms with van der Waals surface area (Å²) in [6, 6.07) is 6.03. The van der Waals surface area contributed by atoms with Crippen molar-refractivity contribution >= 4 is 27.5 Å². The molecule has 0 aliphatic rings. The van der Waals surface area contributed by atoms with Gasteiger partial charge >= 0.3 is 0 Å². The second-order valence-electron chi connectivity index (χ2n) is 4.95. The lowest BCUT2D eigenvalue weighted by atomic mass is 10.0. The molecule has 0 spiro atoms. The summed E-state index contributed by atoms with van der Waals surface area (Å²) in [7, 11) is 0. The van der Waals surface area contributed by atoms with Crippen molar-refractivity contribution in [3.05, 3.63) is 50.2 Å². The fraction of sp³-hybridized carbons (Fsp3) is 0.400. The van der Waals surface area contributed by atoms with E-state index >= 15 is 0 Å². The molecule has 0 saturated carbocycles. The molecule has 0 radical (unpaired) electrons. The third-order valence-electron chi connectivity index (χ3n) is 3.49. The number of nitrogens with zero attached hydrogens (tertiary/aromatic N) is 2. The van der Waals surface area contributed by atoms with Crippen molar-refractivity contribution in [2.75, 3.05) is 0 Å². The molecular weight excluding hydrogens is 338 g/mol. The van der Waals surface area contributed by atoms with Crippen molar-refractivity contribution in [3.63, 3.8) is 0 Å². The van der Waals surface area contributed by atoms with E-state index < -0.39 is 0 Å². The maximum atomic E-state index is 6.37. The first-order chi connectivity index (χ1) is 9.45. The van der Waals surface area contributed by atoms with Gasteiger partial charge in [0.1, 0.15) is 0 Å². The molecular formula is C15H19BrClN3. The molecule has 3 nitrogen and oxygen atoms in total. The number of aromatic nitrogens is 2. The smallest absolute Gasteiger partial charge is 0.0847 e. The highest BCUT2D eigenvalue weighted by atomic mass is 79.9. The maximum Gasteiger partial charge on any atom is 0.0847 e. The fourth-order valence-corrected chi connectivity index (χ4v) is 3.11. The highest BCUT2D eigenvalue weighted by Crippen LogP contribution is 2.30. The highest BCUT2D eigenvalue weighted by Gasteiger charge is 2.18. The Morgan fingerprint density at radius 1 is 1.40 bits per heavy atom. The van der Waals surface area contributed by atoms with Crippen molar-refractivity contribution in [3.8, 4) is 0 Å². The average Bonchev–Trinajstić information content (AvgIpc) is 2.69. The normalized spacial score (nSPS) is 12.7. The van der Waals surface area contributed by atoms with E-state index in [0.29, 0.717) is 6.42 Å². The molecule has 0 amide bonds. The number of halogens is 2. The highest BCUT2D eigenvalue weighted by molar-refractivity contribution is 9.10. The molecule has 0 aliphatic carbocycles. The molecule has 2 rings (SSSR count). The third-order valence-corrected chi connectivity index (χ3v) is 5.06. The van der Waals surface area contributed by atoms with Gasteiger partial charge in [-0.2, -0.15) is 5.10 Å². The van der Waals surface area contributed by atoms with E-state index in [2.05, 4.69) is 47.0 Å². The van der Waals surface area contributed by atoms with Crippen molar-refractivity contribution in [2.24, 2.45) is 5.73 Å². The minimum atomic E-state index is -0.108. The van der Waals surface area contributed by atoms with E-state index in [1.807, 2.05) is 17.7 Å². The Labute approximate surface area is 133 Å². The summed E-state index contributed by atoms with van der Waals surface area (Å²) < 4.78 is 3.00. The van der Waals surface area contributed by atoms with Crippen molar-refractivity contribution in [1.29, 1.82) is 0 Å². The lowest BCUT2D eigenvalue weighted by Gasteiger charge is -2.16. The summed E-state index contributed by atoms with van der Waals surface area (Å²) in [5, 5.41) is 5.16. The molecule has 0 fully saturated rings. The van der Waals surface area contributed by atoms with E-state index in [0.717, 1.165) is 33.0 Å². The summed E-state index contributed by atoms with van der Waals surface area (Å²) in [6.45, 7) is 6.84. The number of rotatable bonds is 4. The van der Waals surface area contributed by atoms with Gasteiger partial charge in [0.2, 0.25) is 0 Å². The van der Waals surface area contributed by atoms with Crippen molar-refractivity contribution < 1.29 is 0 Å². The largest absolute Gasteiger partial charge is 0.324 e. The fourth-order valence-electron chi connectivity index (χ4n) is 2.34. The molecule has 1 atom stereocenters. The second-order valence-corrected chi connectivity index (χ2v) is 6.12. The van der Waals surface area contributed by atoms with Crippen LogP contribution < -0.4 is 5.73 Å². The summed E-state index contributed by atoms with van der Waals surface area (Å²) in [5.74, 6) is 0. The zero-order chi connectivity index (χ0) is 14.9. The van der Waals surface area contributed by atoms with Crippen LogP contribution in [0.1, 0.15) is 35.5 Å². The van der Waals surface area contributed by atoms with Crippen LogP contribution in [0, 0.1) is 13.8 Å². The number of hydrogen-bond acceptors (Lipinski definition) is 2. The van der Waals surface area contributed by atoms with E-state index in [1.165, 1.54) is 5.56 Å². The van der Waals surface area contributed by atoms with Gasteiger partial charge in [-0.3, -0.25) is 4.68 Å². The number of hydrogen-bond donors (Lipinski definition) is 1. The van der Waals surface area contributed by atoms with Gasteiger partial charge in [0.25, 0.3) is 0 Å². The van der Waals surface area contributed by atoms with Crippen LogP contribution >= 0.6 is 27.5 Å². The van der Waals surface area contributed by atoms with Crippen LogP contribution in [0.15, 0.2) is 22.7 Å². The first kappa shape index (κ1) is 15.5. The maximum absolute atomic E-state index is 6.37. The van der Waals surface area contributed by atoms with Gasteiger partial charge in [-0.1, -0.05) is 45.7 Å². The van der Waals surface area contributed by atoms with E-state index in [-0.39, 0.29) is 6.04 Å². The monoisotopic (exact) mass is 355 g/mol. The first-order valence-corrected chi connectivity index (χ1v) is 7.85. The standard InChI is InChI=1S/C15H19BrClN3/c1-4-20-13(15(17)10(3)19-20)8-12(18)11-7-5-6-9(2)14(11)16/h5-7,12H,4,8,18H2,1-3H3. The van der Waals surface area contributed by atoms with E-state index in [4.69, 9.17) is 17.3 Å². The minimum Gasteiger partial charge on any atom is -0.324 e. The summed E-state index contributed by atoms with van der Waals surface area (Å²) in [6.07, 6.45) is 0.676. The minimum absolute atomic E-state index is 0.108. The Hall–Kier alpha value is -0.840. The Bertz CT molecular complexity index is 622. The second kappa shape index (κ2) is 6.29. The Balaban J connectivity index is 2.32. The van der Waals surface area contributed by atoms with Gasteiger partial charge in [-0.05, 0) is 31.9 Å². The van der Waals surface area contributed by atoms with Crippen molar-refractivity contribution in [1.82, 2.24) is 9.78 Å². The van der Waals surface area contributed by atoms with Crippen LogP contribution in [0.4, 0.5) is 0 Å². The molecule has 2 aromatic rings. The van der Waals surface area contributed by atoms with E-state index in [1.54, 1.807) is 0 Å². The van der Waals surface area contributed by atoms with E-state index in [9.17, 15) is 0 Å². The van der Waals surface area contributed by atoms with Gasteiger partial charge in [-0.25, -0.2) is 0 Å². The zero-order valence-corrected chi connectivity index (χ0v) is 14.3. The first-order valence-electron chi connectivity index (χ1n) is 6.68. The van der Waals surface area contributed by atoms with Gasteiger partial charge in [0, 0.05) is 23.5 Å². The molecule has 20 heavy (non-hydrogen) atoms. The Morgan fingerprint density at radius 3 is 2.75 bits per heavy atom. The van der Waals surface area contributed by atoms with Crippen LogP contribution in [0.2, 0.25) is 5.02 Å². The molecule has 0 aliphatic heterocycles. The van der Waals surface area contributed by atoms with Gasteiger partial charge < -0.3 is 5.73 Å². The van der Waals surface area contributed by atoms with Gasteiger partial charge in [-0.15, -0.1) is 0 Å². The molecule has 1 heterocycles. The van der Waals surface area contributed by atoms with Crippen LogP contribution in [0.3, 0.4) is 0 Å². The number of aryl methyl sites for hydroxylation is 3. The summed E-state index contributed by atoms with van der Waals surface area (Å²) >= 11 is 9.96. The predicted octanol–water partition coefficient (Wildman–Crippen LogP) is 4.18. The predicted molar refractivity (Wildman–Crippen MR) is 87.2 cm³/mol. The SMILES string of the molecule is CCn1nc(C)c(Cl)c1CC(N)c1cccc(C)c1Br. The molecule has 0 saturated heterocycles. The van der Waals surface area contributed by atoms with Crippen LogP contribution in [0.5, 0.6) is 0 Å². The Kier molecular flexibility index (Phi) is 4.89. The molecule has 1 aromatic carbocycles. The molecule has 1 unspecified atom stereocenters. The molecule has 0 bridgehead atoms. The van der Waals surface area contributed by atoms with Crippen LogP contribution in [0.25, 0.3) is 0 Å². The van der Waals surface area contributed by atoms with Gasteiger partial charge in [0.05, 0.1) is 16.4 Å². The molecule has 1 aromatic heterocycles. The molecule has 5 heteroatoms. The third kappa shape index (κ3) is 2.92. The lowest BCUT2D eigenvalue weighted by Crippen LogP contribution is -2.17. The average molecular weight is 357 g/mol. The van der Waals surface area contributed by atoms with Gasteiger partial charge in [0.15, 0.2) is 0 Å². The van der Waals surface area contributed by atoms with Crippen LogP contribution in [-0.2, 0) is 13.0 Å². The number of nitrogens with two attached hydrogens (primary N) is 1. The summed E-state index contributed by atoms with van der Waals surface area (Å²) in [4.78, 5) is 0.